The van der Waals surface area contributed by atoms with E-state index in [0.29, 0.717) is 25.7 Å². The van der Waals surface area contributed by atoms with Crippen LogP contribution in [0.15, 0.2) is 53.6 Å². The van der Waals surface area contributed by atoms with Gasteiger partial charge in [-0.3, -0.25) is 8.86 Å². The summed E-state index contributed by atoms with van der Waals surface area (Å²) in [5, 5.41) is 16.7. The van der Waals surface area contributed by atoms with Crippen LogP contribution in [0.4, 0.5) is 0 Å². The molecule has 1 fully saturated rings. The predicted molar refractivity (Wildman–Crippen MR) is 120 cm³/mol. The maximum Gasteiger partial charge on any atom is 0.296 e. The van der Waals surface area contributed by atoms with Gasteiger partial charge in [-0.2, -0.15) is 13.5 Å². The van der Waals surface area contributed by atoms with E-state index in [0.717, 1.165) is 28.5 Å². The normalized spacial score (nSPS) is 24.5. The molecule has 1 N–H and O–H groups in total. The van der Waals surface area contributed by atoms with E-state index in [2.05, 4.69) is 12.0 Å². The van der Waals surface area contributed by atoms with Gasteiger partial charge < -0.3 is 5.11 Å². The van der Waals surface area contributed by atoms with Crippen molar-refractivity contribution < 1.29 is 17.7 Å². The van der Waals surface area contributed by atoms with Crippen molar-refractivity contribution >= 4 is 21.0 Å². The predicted octanol–water partition coefficient (Wildman–Crippen LogP) is 4.45. The molecule has 1 saturated carbocycles. The molecular weight excluding hydrogens is 412 g/mol. The Morgan fingerprint density at radius 3 is 2.42 bits per heavy atom. The summed E-state index contributed by atoms with van der Waals surface area (Å²) in [6, 6.07) is 12.7. The molecule has 0 saturated heterocycles. The topological polar surface area (TPSA) is 81.4 Å². The van der Waals surface area contributed by atoms with E-state index >= 15 is 0 Å². The van der Waals surface area contributed by atoms with Crippen LogP contribution in [0, 0.1) is 12.3 Å². The number of fused-ring (bicyclic) bond motifs is 1. The monoisotopic (exact) mass is 442 g/mol. The molecule has 3 aromatic rings. The molecule has 1 aromatic heterocycles. The van der Waals surface area contributed by atoms with Crippen molar-refractivity contribution in [2.24, 2.45) is 12.5 Å². The van der Waals surface area contributed by atoms with E-state index in [-0.39, 0.29) is 16.9 Å². The molecule has 166 valence electrons. The minimum Gasteiger partial charge on any atom is -0.385 e. The van der Waals surface area contributed by atoms with Crippen LogP contribution in [-0.2, 0) is 26.9 Å². The highest BCUT2D eigenvalue weighted by atomic mass is 32.2. The van der Waals surface area contributed by atoms with Gasteiger partial charge in [-0.25, -0.2) is 0 Å². The van der Waals surface area contributed by atoms with Crippen molar-refractivity contribution in [2.75, 3.05) is 6.61 Å². The lowest BCUT2D eigenvalue weighted by Crippen LogP contribution is -2.39. The summed E-state index contributed by atoms with van der Waals surface area (Å²) in [4.78, 5) is 0.182. The lowest BCUT2D eigenvalue weighted by Gasteiger charge is -2.43. The number of aromatic nitrogens is 2. The summed E-state index contributed by atoms with van der Waals surface area (Å²) in [5.41, 5.74) is 1.74. The molecular formula is C24H30N2O4S. The lowest BCUT2D eigenvalue weighted by atomic mass is 9.66. The highest BCUT2D eigenvalue weighted by molar-refractivity contribution is 7.86. The quantitative estimate of drug-likeness (QED) is 0.571. The molecule has 0 atom stereocenters. The SMILES string of the molecule is CCC1(COS(=O)(=O)c2ccc(C)cc2)CCC(O)(c2ccc3c(cnn3C)c2)CC1. The molecule has 4 rings (SSSR count). The Balaban J connectivity index is 1.47. The minimum absolute atomic E-state index is 0.136. The van der Waals surface area contributed by atoms with E-state index < -0.39 is 15.7 Å². The summed E-state index contributed by atoms with van der Waals surface area (Å²) in [5.74, 6) is 0. The second-order valence-corrected chi connectivity index (χ2v) is 10.6. The van der Waals surface area contributed by atoms with Crippen molar-refractivity contribution in [2.45, 2.75) is 56.4 Å². The maximum atomic E-state index is 12.6. The van der Waals surface area contributed by atoms with E-state index in [9.17, 15) is 13.5 Å². The number of hydrogen-bond donors (Lipinski definition) is 1. The van der Waals surface area contributed by atoms with Gasteiger partial charge in [0.1, 0.15) is 0 Å². The fourth-order valence-corrected chi connectivity index (χ4v) is 5.52. The summed E-state index contributed by atoms with van der Waals surface area (Å²) >= 11 is 0. The Morgan fingerprint density at radius 1 is 1.10 bits per heavy atom. The Labute approximate surface area is 184 Å². The van der Waals surface area contributed by atoms with E-state index in [1.165, 1.54) is 0 Å². The molecule has 0 unspecified atom stereocenters. The van der Waals surface area contributed by atoms with E-state index in [1.54, 1.807) is 24.3 Å². The molecule has 0 bridgehead atoms. The van der Waals surface area contributed by atoms with Gasteiger partial charge in [0.25, 0.3) is 10.1 Å². The summed E-state index contributed by atoms with van der Waals surface area (Å²) in [7, 11) is -1.90. The number of aryl methyl sites for hydroxylation is 2. The highest BCUT2D eigenvalue weighted by Gasteiger charge is 2.42. The number of hydrogen-bond acceptors (Lipinski definition) is 5. The van der Waals surface area contributed by atoms with Gasteiger partial charge in [0.15, 0.2) is 0 Å². The van der Waals surface area contributed by atoms with Crippen LogP contribution in [0.1, 0.15) is 50.2 Å². The Bertz CT molecular complexity index is 1170. The third-order valence-electron chi connectivity index (χ3n) is 7.00. The van der Waals surface area contributed by atoms with Gasteiger partial charge in [0.2, 0.25) is 0 Å². The fourth-order valence-electron chi connectivity index (χ4n) is 4.51. The molecule has 6 nitrogen and oxygen atoms in total. The van der Waals surface area contributed by atoms with Crippen molar-refractivity contribution in [3.05, 3.63) is 59.8 Å². The van der Waals surface area contributed by atoms with E-state index in [1.807, 2.05) is 43.0 Å². The van der Waals surface area contributed by atoms with Crippen molar-refractivity contribution in [1.29, 1.82) is 0 Å². The first-order chi connectivity index (χ1) is 14.7. The average Bonchev–Trinajstić information content (AvgIpc) is 3.14. The smallest absolute Gasteiger partial charge is 0.296 e. The standard InChI is InChI=1S/C24H30N2O4S/c1-4-23(17-30-31(28,29)21-8-5-18(2)6-9-21)11-13-24(27,14-12-23)20-7-10-22-19(15-20)16-25-26(22)3/h5-10,15-16,27H,4,11-14,17H2,1-3H3. The average molecular weight is 443 g/mol. The second-order valence-electron chi connectivity index (χ2n) is 8.96. The van der Waals surface area contributed by atoms with Gasteiger partial charge in [-0.05, 0) is 74.3 Å². The Kier molecular flexibility index (Phi) is 5.70. The first-order valence-electron chi connectivity index (χ1n) is 10.8. The molecule has 0 radical (unpaired) electrons. The zero-order valence-electron chi connectivity index (χ0n) is 18.3. The molecule has 0 aliphatic heterocycles. The highest BCUT2D eigenvalue weighted by Crippen LogP contribution is 2.48. The van der Waals surface area contributed by atoms with Crippen molar-refractivity contribution in [3.8, 4) is 0 Å². The van der Waals surface area contributed by atoms with Crippen LogP contribution in [0.25, 0.3) is 10.9 Å². The zero-order valence-corrected chi connectivity index (χ0v) is 19.2. The van der Waals surface area contributed by atoms with Gasteiger partial charge in [0, 0.05) is 12.4 Å². The molecule has 7 heteroatoms. The minimum atomic E-state index is -3.80. The zero-order chi connectivity index (χ0) is 22.3. The van der Waals surface area contributed by atoms with Crippen LogP contribution in [0.3, 0.4) is 0 Å². The van der Waals surface area contributed by atoms with Gasteiger partial charge in [0.05, 0.1) is 28.8 Å². The molecule has 0 amide bonds. The fraction of sp³-hybridized carbons (Fsp3) is 0.458. The summed E-state index contributed by atoms with van der Waals surface area (Å²) in [6.07, 6.45) is 5.16. The molecule has 1 aliphatic rings. The first kappa shape index (κ1) is 22.0. The van der Waals surface area contributed by atoms with Crippen LogP contribution in [-0.4, -0.2) is 29.9 Å². The Hall–Kier alpha value is -2.22. The number of aliphatic hydroxyl groups is 1. The first-order valence-corrected chi connectivity index (χ1v) is 12.2. The van der Waals surface area contributed by atoms with Crippen LogP contribution >= 0.6 is 0 Å². The second kappa shape index (κ2) is 8.04. The van der Waals surface area contributed by atoms with Gasteiger partial charge in [-0.15, -0.1) is 0 Å². The molecule has 1 heterocycles. The third-order valence-corrected chi connectivity index (χ3v) is 8.28. The van der Waals surface area contributed by atoms with Crippen molar-refractivity contribution in [3.63, 3.8) is 0 Å². The molecule has 1 aliphatic carbocycles. The Morgan fingerprint density at radius 2 is 1.77 bits per heavy atom. The number of benzene rings is 2. The number of rotatable bonds is 6. The van der Waals surface area contributed by atoms with Crippen LogP contribution < -0.4 is 0 Å². The van der Waals surface area contributed by atoms with Crippen LogP contribution in [0.2, 0.25) is 0 Å². The number of nitrogens with zero attached hydrogens (tertiary/aromatic N) is 2. The summed E-state index contributed by atoms with van der Waals surface area (Å²) in [6.45, 7) is 4.11. The molecule has 0 spiro atoms. The summed E-state index contributed by atoms with van der Waals surface area (Å²) < 4.78 is 32.6. The largest absolute Gasteiger partial charge is 0.385 e. The maximum absolute atomic E-state index is 12.6. The molecule has 31 heavy (non-hydrogen) atoms. The van der Waals surface area contributed by atoms with E-state index in [4.69, 9.17) is 4.18 Å². The lowest BCUT2D eigenvalue weighted by molar-refractivity contribution is -0.0511. The third kappa shape index (κ3) is 4.27. The van der Waals surface area contributed by atoms with Crippen LogP contribution in [0.5, 0.6) is 0 Å². The van der Waals surface area contributed by atoms with Gasteiger partial charge >= 0.3 is 0 Å². The van der Waals surface area contributed by atoms with Gasteiger partial charge in [-0.1, -0.05) is 30.7 Å². The van der Waals surface area contributed by atoms with Crippen molar-refractivity contribution in [1.82, 2.24) is 9.78 Å². The molecule has 2 aromatic carbocycles.